The van der Waals surface area contributed by atoms with Gasteiger partial charge in [-0.1, -0.05) is 34.6 Å². The van der Waals surface area contributed by atoms with Crippen LogP contribution < -0.4 is 0 Å². The highest BCUT2D eigenvalue weighted by molar-refractivity contribution is 4.82. The summed E-state index contributed by atoms with van der Waals surface area (Å²) >= 11 is 0. The van der Waals surface area contributed by atoms with Crippen molar-refractivity contribution >= 4 is 0 Å². The van der Waals surface area contributed by atoms with Crippen LogP contribution in [0, 0.1) is 10.8 Å². The Bertz CT molecular complexity index is 292. The van der Waals surface area contributed by atoms with Gasteiger partial charge in [-0.05, 0) is 23.7 Å². The van der Waals surface area contributed by atoms with Gasteiger partial charge in [0.25, 0.3) is 0 Å². The van der Waals surface area contributed by atoms with E-state index in [1.54, 1.807) is 0 Å². The standard InChI is InChI=1S/C18H38N2O2/c1-17(2,3)18(4,5)7-6-15-22-16-13-20-10-8-19(9-11-20)12-14-21/h21H,6-16H2,1-5H3. The first kappa shape index (κ1) is 19.9. The number of nitrogens with zero attached hydrogens (tertiary/aromatic N) is 2. The molecule has 132 valence electrons. The minimum absolute atomic E-state index is 0.272. The molecule has 1 saturated heterocycles. The van der Waals surface area contributed by atoms with Gasteiger partial charge in [-0.2, -0.15) is 0 Å². The van der Waals surface area contributed by atoms with E-state index in [4.69, 9.17) is 9.84 Å². The lowest BCUT2D eigenvalue weighted by Crippen LogP contribution is -2.47. The van der Waals surface area contributed by atoms with Crippen LogP contribution in [0.25, 0.3) is 0 Å². The van der Waals surface area contributed by atoms with E-state index in [1.165, 1.54) is 6.42 Å². The van der Waals surface area contributed by atoms with E-state index in [9.17, 15) is 0 Å². The first-order valence-corrected chi connectivity index (χ1v) is 8.89. The normalized spacial score (nSPS) is 18.8. The highest BCUT2D eigenvalue weighted by atomic mass is 16.5. The van der Waals surface area contributed by atoms with Crippen molar-refractivity contribution in [2.45, 2.75) is 47.5 Å². The molecule has 4 nitrogen and oxygen atoms in total. The summed E-state index contributed by atoms with van der Waals surface area (Å²) in [7, 11) is 0. The molecule has 1 fully saturated rings. The van der Waals surface area contributed by atoms with Crippen LogP contribution in [-0.2, 0) is 4.74 Å². The predicted molar refractivity (Wildman–Crippen MR) is 93.3 cm³/mol. The maximum atomic E-state index is 8.94. The highest BCUT2D eigenvalue weighted by Crippen LogP contribution is 2.41. The third-order valence-corrected chi connectivity index (χ3v) is 5.55. The van der Waals surface area contributed by atoms with Crippen molar-refractivity contribution in [3.8, 4) is 0 Å². The summed E-state index contributed by atoms with van der Waals surface area (Å²) in [4.78, 5) is 4.79. The van der Waals surface area contributed by atoms with E-state index in [-0.39, 0.29) is 6.61 Å². The monoisotopic (exact) mass is 314 g/mol. The summed E-state index contributed by atoms with van der Waals surface area (Å²) < 4.78 is 5.82. The molecule has 0 amide bonds. The smallest absolute Gasteiger partial charge is 0.0593 e. The minimum atomic E-state index is 0.272. The van der Waals surface area contributed by atoms with E-state index >= 15 is 0 Å². The van der Waals surface area contributed by atoms with Crippen molar-refractivity contribution in [2.24, 2.45) is 10.8 Å². The van der Waals surface area contributed by atoms with E-state index in [0.717, 1.165) is 58.9 Å². The van der Waals surface area contributed by atoms with Gasteiger partial charge in [0, 0.05) is 45.9 Å². The molecule has 1 heterocycles. The molecule has 0 aliphatic carbocycles. The number of rotatable bonds is 9. The molecule has 1 aliphatic heterocycles. The Kier molecular flexibility index (Phi) is 8.33. The molecule has 0 spiro atoms. The van der Waals surface area contributed by atoms with Crippen molar-refractivity contribution in [1.82, 2.24) is 9.80 Å². The number of hydrogen-bond acceptors (Lipinski definition) is 4. The number of β-amino-alcohol motifs (C(OH)–C–C–N with tert-alkyl or cyclic N) is 1. The SMILES string of the molecule is CC(C)(C)C(C)(C)CCCOCCN1CCN(CCO)CC1. The molecule has 0 atom stereocenters. The lowest BCUT2D eigenvalue weighted by Gasteiger charge is -2.39. The summed E-state index contributed by atoms with van der Waals surface area (Å²) in [5.74, 6) is 0. The average Bonchev–Trinajstić information content (AvgIpc) is 2.43. The number of hydrogen-bond donors (Lipinski definition) is 1. The summed E-state index contributed by atoms with van der Waals surface area (Å²) in [5, 5.41) is 8.94. The molecule has 0 bridgehead atoms. The van der Waals surface area contributed by atoms with E-state index in [1.807, 2.05) is 0 Å². The maximum absolute atomic E-state index is 8.94. The molecule has 0 unspecified atom stereocenters. The Morgan fingerprint density at radius 2 is 1.41 bits per heavy atom. The van der Waals surface area contributed by atoms with Crippen LogP contribution in [0.3, 0.4) is 0 Å². The third kappa shape index (κ3) is 6.95. The summed E-state index contributed by atoms with van der Waals surface area (Å²) in [6.07, 6.45) is 2.37. The molecule has 22 heavy (non-hydrogen) atoms. The van der Waals surface area contributed by atoms with Gasteiger partial charge in [-0.3, -0.25) is 9.80 Å². The number of ether oxygens (including phenoxy) is 1. The first-order valence-electron chi connectivity index (χ1n) is 8.89. The van der Waals surface area contributed by atoms with Crippen LogP contribution >= 0.6 is 0 Å². The van der Waals surface area contributed by atoms with Gasteiger partial charge >= 0.3 is 0 Å². The Morgan fingerprint density at radius 3 is 1.91 bits per heavy atom. The van der Waals surface area contributed by atoms with Gasteiger partial charge in [-0.15, -0.1) is 0 Å². The Hall–Kier alpha value is -0.160. The van der Waals surface area contributed by atoms with Crippen LogP contribution in [-0.4, -0.2) is 74.0 Å². The van der Waals surface area contributed by atoms with Gasteiger partial charge in [0.05, 0.1) is 13.2 Å². The maximum Gasteiger partial charge on any atom is 0.0593 e. The topological polar surface area (TPSA) is 35.9 Å². The molecule has 0 aromatic carbocycles. The number of aliphatic hydroxyl groups excluding tert-OH is 1. The molecular formula is C18H38N2O2. The zero-order chi connectivity index (χ0) is 16.6. The van der Waals surface area contributed by atoms with Crippen LogP contribution in [0.1, 0.15) is 47.5 Å². The lowest BCUT2D eigenvalue weighted by atomic mass is 9.67. The van der Waals surface area contributed by atoms with Crippen LogP contribution in [0.2, 0.25) is 0 Å². The summed E-state index contributed by atoms with van der Waals surface area (Å²) in [6, 6.07) is 0. The molecule has 0 radical (unpaired) electrons. The van der Waals surface area contributed by atoms with Crippen molar-refractivity contribution in [1.29, 1.82) is 0 Å². The fraction of sp³-hybridized carbons (Fsp3) is 1.00. The number of aliphatic hydroxyl groups is 1. The van der Waals surface area contributed by atoms with Crippen molar-refractivity contribution in [3.05, 3.63) is 0 Å². The Morgan fingerprint density at radius 1 is 0.864 bits per heavy atom. The molecule has 4 heteroatoms. The molecule has 0 aromatic rings. The zero-order valence-corrected chi connectivity index (χ0v) is 15.5. The van der Waals surface area contributed by atoms with Crippen LogP contribution in [0.4, 0.5) is 0 Å². The average molecular weight is 315 g/mol. The van der Waals surface area contributed by atoms with Gasteiger partial charge in [0.15, 0.2) is 0 Å². The van der Waals surface area contributed by atoms with Gasteiger partial charge in [-0.25, -0.2) is 0 Å². The Balaban J connectivity index is 2.03. The van der Waals surface area contributed by atoms with E-state index in [2.05, 4.69) is 44.4 Å². The largest absolute Gasteiger partial charge is 0.395 e. The molecule has 0 aromatic heterocycles. The van der Waals surface area contributed by atoms with Gasteiger partial charge in [0.1, 0.15) is 0 Å². The minimum Gasteiger partial charge on any atom is -0.395 e. The predicted octanol–water partition coefficient (Wildman–Crippen LogP) is 2.47. The fourth-order valence-corrected chi connectivity index (χ4v) is 2.66. The second kappa shape index (κ2) is 9.21. The third-order valence-electron chi connectivity index (χ3n) is 5.55. The zero-order valence-electron chi connectivity index (χ0n) is 15.5. The highest BCUT2D eigenvalue weighted by Gasteiger charge is 2.31. The molecule has 1 N–H and O–H groups in total. The molecule has 0 saturated carbocycles. The second-order valence-electron chi connectivity index (χ2n) is 8.26. The van der Waals surface area contributed by atoms with Crippen molar-refractivity contribution in [3.63, 3.8) is 0 Å². The summed E-state index contributed by atoms with van der Waals surface area (Å²) in [5.41, 5.74) is 0.709. The van der Waals surface area contributed by atoms with E-state index in [0.29, 0.717) is 10.8 Å². The van der Waals surface area contributed by atoms with Crippen LogP contribution in [0.5, 0.6) is 0 Å². The fourth-order valence-electron chi connectivity index (χ4n) is 2.66. The Labute approximate surface area is 137 Å². The summed E-state index contributed by atoms with van der Waals surface area (Å²) in [6.45, 7) is 19.9. The molecule has 1 rings (SSSR count). The quantitative estimate of drug-likeness (QED) is 0.663. The van der Waals surface area contributed by atoms with Crippen molar-refractivity contribution in [2.75, 3.05) is 59.1 Å². The molecule has 1 aliphatic rings. The first-order chi connectivity index (χ1) is 10.3. The van der Waals surface area contributed by atoms with Crippen molar-refractivity contribution < 1.29 is 9.84 Å². The van der Waals surface area contributed by atoms with E-state index < -0.39 is 0 Å². The number of piperazine rings is 1. The molecular weight excluding hydrogens is 276 g/mol. The second-order valence-corrected chi connectivity index (χ2v) is 8.26. The lowest BCUT2D eigenvalue weighted by molar-refractivity contribution is 0.0568. The van der Waals surface area contributed by atoms with Gasteiger partial charge in [0.2, 0.25) is 0 Å². The van der Waals surface area contributed by atoms with Crippen LogP contribution in [0.15, 0.2) is 0 Å². The van der Waals surface area contributed by atoms with Gasteiger partial charge < -0.3 is 9.84 Å².